The van der Waals surface area contributed by atoms with Crippen LogP contribution in [0.3, 0.4) is 0 Å². The fourth-order valence-corrected chi connectivity index (χ4v) is 4.15. The Morgan fingerprint density at radius 3 is 2.54 bits per heavy atom. The van der Waals surface area contributed by atoms with Crippen LogP contribution in [0.4, 0.5) is 13.2 Å². The van der Waals surface area contributed by atoms with Crippen LogP contribution in [-0.2, 0) is 19.7 Å². The largest absolute Gasteiger partial charge is 0.451 e. The number of halogens is 3. The van der Waals surface area contributed by atoms with Gasteiger partial charge in [0.15, 0.2) is 5.72 Å². The smallest absolute Gasteiger partial charge is 0.445 e. The van der Waals surface area contributed by atoms with Gasteiger partial charge in [0, 0.05) is 19.0 Å². The molecule has 26 heavy (non-hydrogen) atoms. The van der Waals surface area contributed by atoms with E-state index in [2.05, 4.69) is 0 Å². The molecule has 15 heteroatoms. The van der Waals surface area contributed by atoms with Crippen molar-refractivity contribution in [2.75, 3.05) is 19.6 Å². The van der Waals surface area contributed by atoms with Crippen molar-refractivity contribution in [2.45, 2.75) is 37.1 Å². The fourth-order valence-electron chi connectivity index (χ4n) is 2.66. The van der Waals surface area contributed by atoms with Crippen molar-refractivity contribution in [1.29, 1.82) is 0 Å². The van der Waals surface area contributed by atoms with Crippen molar-refractivity contribution in [2.24, 2.45) is 17.4 Å². The third-order valence-electron chi connectivity index (χ3n) is 4.08. The van der Waals surface area contributed by atoms with Crippen molar-refractivity contribution < 1.29 is 41.2 Å². The van der Waals surface area contributed by atoms with Gasteiger partial charge in [-0.05, 0) is 12.7 Å². The Balaban J connectivity index is 2.91. The van der Waals surface area contributed by atoms with Gasteiger partial charge in [0.25, 0.3) is 16.7 Å². The first-order chi connectivity index (χ1) is 11.9. The first-order valence-electron chi connectivity index (χ1n) is 7.66. The lowest BCUT2D eigenvalue weighted by atomic mass is 9.81. The number of carbonyl (C=O) groups excluding carboxylic acids is 1. The summed E-state index contributed by atoms with van der Waals surface area (Å²) in [5, 5.41) is 17.7. The monoisotopic (exact) mass is 406 g/mol. The molecule has 0 saturated carbocycles. The van der Waals surface area contributed by atoms with Crippen molar-refractivity contribution in [3.05, 3.63) is 0 Å². The van der Waals surface area contributed by atoms with Gasteiger partial charge < -0.3 is 20.5 Å². The molecule has 0 radical (unpaired) electrons. The summed E-state index contributed by atoms with van der Waals surface area (Å²) in [6.07, 6.45) is -4.52. The standard InChI is InChI=1S/C11H22BF3N4O6S/c13-11(14,15)9(4-16)18-26(23,24)19-5-8(2-1-3-12(21)22)10(17,6-19)25-7-20/h7-9,18,21-22H,1-6,16-17H2/t8-,9+,10+/m0/s1. The van der Waals surface area contributed by atoms with Gasteiger partial charge in [-0.15, -0.1) is 0 Å². The van der Waals surface area contributed by atoms with Crippen molar-refractivity contribution in [3.63, 3.8) is 0 Å². The van der Waals surface area contributed by atoms with Crippen LogP contribution in [0.1, 0.15) is 12.8 Å². The van der Waals surface area contributed by atoms with Crippen LogP contribution in [0, 0.1) is 5.92 Å². The van der Waals surface area contributed by atoms with Crippen LogP contribution in [-0.4, -0.2) is 73.9 Å². The van der Waals surface area contributed by atoms with Crippen LogP contribution in [0.5, 0.6) is 0 Å². The molecule has 1 fully saturated rings. The minimum atomic E-state index is -4.88. The molecule has 0 aliphatic carbocycles. The molecule has 1 saturated heterocycles. The van der Waals surface area contributed by atoms with Crippen LogP contribution >= 0.6 is 0 Å². The molecule has 0 aromatic rings. The lowest BCUT2D eigenvalue weighted by Gasteiger charge is -2.28. The highest BCUT2D eigenvalue weighted by Gasteiger charge is 2.51. The Morgan fingerprint density at radius 1 is 1.46 bits per heavy atom. The molecule has 3 atom stereocenters. The highest BCUT2D eigenvalue weighted by Crippen LogP contribution is 2.32. The number of hydrogen-bond donors (Lipinski definition) is 5. The molecule has 0 amide bonds. The minimum Gasteiger partial charge on any atom is -0.445 e. The second-order valence-electron chi connectivity index (χ2n) is 6.02. The van der Waals surface area contributed by atoms with Crippen LogP contribution < -0.4 is 16.2 Å². The van der Waals surface area contributed by atoms with Gasteiger partial charge in [0.1, 0.15) is 6.04 Å². The van der Waals surface area contributed by atoms with E-state index in [1.54, 1.807) is 0 Å². The number of rotatable bonds is 10. The second kappa shape index (κ2) is 8.82. The molecule has 0 spiro atoms. The SMILES string of the molecule is NC[C@@H](NS(=O)(=O)N1C[C@H](CCCB(O)O)[C@](N)(OC=O)C1)C(F)(F)F. The van der Waals surface area contributed by atoms with Crippen LogP contribution in [0.25, 0.3) is 0 Å². The molecular formula is C11H22BF3N4O6S. The molecule has 1 heterocycles. The Morgan fingerprint density at radius 2 is 2.08 bits per heavy atom. The molecule has 0 aromatic heterocycles. The summed E-state index contributed by atoms with van der Waals surface area (Å²) in [4.78, 5) is 10.7. The van der Waals surface area contributed by atoms with Gasteiger partial charge in [-0.25, -0.2) is 0 Å². The van der Waals surface area contributed by atoms with E-state index in [1.165, 1.54) is 4.72 Å². The summed E-state index contributed by atoms with van der Waals surface area (Å²) in [5.74, 6) is -0.745. The Hall–Kier alpha value is -0.965. The van der Waals surface area contributed by atoms with Gasteiger partial charge in [0.2, 0.25) is 0 Å². The van der Waals surface area contributed by atoms with Gasteiger partial charge in [-0.2, -0.15) is 30.6 Å². The summed E-state index contributed by atoms with van der Waals surface area (Å²) in [6, 6.07) is -2.48. The van der Waals surface area contributed by atoms with E-state index in [0.29, 0.717) is 4.31 Å². The van der Waals surface area contributed by atoms with E-state index >= 15 is 0 Å². The summed E-state index contributed by atoms with van der Waals surface area (Å²) >= 11 is 0. The number of hydrogen-bond acceptors (Lipinski definition) is 8. The molecule has 10 nitrogen and oxygen atoms in total. The zero-order valence-corrected chi connectivity index (χ0v) is 14.5. The van der Waals surface area contributed by atoms with E-state index in [9.17, 15) is 26.4 Å². The molecule has 152 valence electrons. The zero-order chi connectivity index (χ0) is 20.2. The summed E-state index contributed by atoms with van der Waals surface area (Å²) in [7, 11) is -6.18. The molecule has 0 unspecified atom stereocenters. The van der Waals surface area contributed by atoms with Crippen LogP contribution in [0.15, 0.2) is 0 Å². The molecule has 7 N–H and O–H groups in total. The summed E-state index contributed by atoms with van der Waals surface area (Å²) in [6.45, 7) is -1.83. The Labute approximate surface area is 149 Å². The maximum atomic E-state index is 12.8. The molecule has 0 aromatic carbocycles. The predicted octanol–water partition coefficient (Wildman–Crippen LogP) is -2.28. The first-order valence-corrected chi connectivity index (χ1v) is 9.10. The number of nitrogens with zero attached hydrogens (tertiary/aromatic N) is 1. The van der Waals surface area contributed by atoms with Gasteiger partial charge in [-0.3, -0.25) is 10.5 Å². The number of nitrogens with two attached hydrogens (primary N) is 2. The number of nitrogens with one attached hydrogen (secondary N) is 1. The third-order valence-corrected chi connectivity index (χ3v) is 5.62. The normalized spacial score (nSPS) is 25.9. The maximum Gasteiger partial charge on any atom is 0.451 e. The molecule has 1 aliphatic rings. The predicted molar refractivity (Wildman–Crippen MR) is 84.3 cm³/mol. The van der Waals surface area contributed by atoms with E-state index in [0.717, 1.165) is 0 Å². The average Bonchev–Trinajstić information content (AvgIpc) is 2.81. The zero-order valence-electron chi connectivity index (χ0n) is 13.7. The summed E-state index contributed by atoms with van der Waals surface area (Å²) in [5.41, 5.74) is 9.14. The molecular weight excluding hydrogens is 384 g/mol. The molecule has 1 rings (SSSR count). The lowest BCUT2D eigenvalue weighted by Crippen LogP contribution is -2.55. The topological polar surface area (TPSA) is 168 Å². The Kier molecular flexibility index (Phi) is 7.82. The molecule has 0 bridgehead atoms. The average molecular weight is 406 g/mol. The van der Waals surface area contributed by atoms with Crippen LogP contribution in [0.2, 0.25) is 6.32 Å². The number of alkyl halides is 3. The maximum absolute atomic E-state index is 12.8. The molecule has 1 aliphatic heterocycles. The van der Waals surface area contributed by atoms with E-state index < -0.39 is 54.3 Å². The lowest BCUT2D eigenvalue weighted by molar-refractivity contribution is -0.149. The van der Waals surface area contributed by atoms with Crippen molar-refractivity contribution in [1.82, 2.24) is 9.03 Å². The second-order valence-corrected chi connectivity index (χ2v) is 7.73. The van der Waals surface area contributed by atoms with Gasteiger partial charge >= 0.3 is 13.3 Å². The van der Waals surface area contributed by atoms with E-state index in [-0.39, 0.29) is 32.2 Å². The highest BCUT2D eigenvalue weighted by molar-refractivity contribution is 7.87. The van der Waals surface area contributed by atoms with Gasteiger partial charge in [0.05, 0.1) is 6.54 Å². The van der Waals surface area contributed by atoms with E-state index in [1.807, 2.05) is 0 Å². The summed E-state index contributed by atoms with van der Waals surface area (Å²) < 4.78 is 69.7. The van der Waals surface area contributed by atoms with Crippen molar-refractivity contribution in [3.8, 4) is 0 Å². The Bertz CT molecular complexity index is 581. The quantitative estimate of drug-likeness (QED) is 0.154. The first kappa shape index (κ1) is 23.1. The third kappa shape index (κ3) is 6.04. The van der Waals surface area contributed by atoms with Crippen molar-refractivity contribution >= 4 is 23.8 Å². The fraction of sp³-hybridized carbons (Fsp3) is 0.909. The van der Waals surface area contributed by atoms with Gasteiger partial charge in [-0.1, -0.05) is 6.42 Å². The number of carbonyl (C=O) groups is 1. The number of ether oxygens (including phenoxy) is 1. The highest BCUT2D eigenvalue weighted by atomic mass is 32.2. The van der Waals surface area contributed by atoms with E-state index in [4.69, 9.17) is 26.3 Å². The minimum absolute atomic E-state index is 0.0236.